The van der Waals surface area contributed by atoms with Gasteiger partial charge in [-0.05, 0) is 77.3 Å². The molecule has 6 nitrogen and oxygen atoms in total. The quantitative estimate of drug-likeness (QED) is 0.365. The molecule has 186 valence electrons. The van der Waals surface area contributed by atoms with Gasteiger partial charge in [-0.3, -0.25) is 14.2 Å². The van der Waals surface area contributed by atoms with E-state index in [9.17, 15) is 13.6 Å². The van der Waals surface area contributed by atoms with Gasteiger partial charge in [0.1, 0.15) is 17.3 Å². The summed E-state index contributed by atoms with van der Waals surface area (Å²) in [5, 5.41) is 0. The minimum Gasteiger partial charge on any atom is -0.368 e. The third-order valence-electron chi connectivity index (χ3n) is 6.89. The molecule has 0 aliphatic carbocycles. The largest absolute Gasteiger partial charge is 0.368 e. The number of halogens is 2. The molecule has 2 unspecified atom stereocenters. The Morgan fingerprint density at radius 3 is 2.58 bits per heavy atom. The number of benzene rings is 1. The summed E-state index contributed by atoms with van der Waals surface area (Å²) in [6, 6.07) is 7.30. The maximum atomic E-state index is 14.9. The van der Waals surface area contributed by atoms with E-state index in [1.54, 1.807) is 26.2 Å². The molecule has 1 aliphatic heterocycles. The van der Waals surface area contributed by atoms with E-state index in [0.29, 0.717) is 29.8 Å². The van der Waals surface area contributed by atoms with E-state index >= 15 is 0 Å². The molecule has 0 spiro atoms. The van der Waals surface area contributed by atoms with Crippen LogP contribution in [0.3, 0.4) is 0 Å². The third-order valence-corrected chi connectivity index (χ3v) is 6.89. The van der Waals surface area contributed by atoms with E-state index in [4.69, 9.17) is 9.72 Å². The molecule has 1 saturated heterocycles. The van der Waals surface area contributed by atoms with E-state index in [-0.39, 0.29) is 34.5 Å². The Hall–Kier alpha value is -3.52. The Labute approximate surface area is 208 Å². The van der Waals surface area contributed by atoms with E-state index in [1.165, 1.54) is 16.5 Å². The number of pyridine rings is 1. The van der Waals surface area contributed by atoms with Gasteiger partial charge in [-0.15, -0.1) is 0 Å². The SMILES string of the molecule is Cc1cc(C2CC(c3cn4c(=O)c(C)c(C)nc4c(-c4ccc(F)cc4F)n3)CC(C)(C)O2)ccn1. The number of ether oxygens (including phenoxy) is 1. The van der Waals surface area contributed by atoms with E-state index < -0.39 is 17.2 Å². The second kappa shape index (κ2) is 8.85. The van der Waals surface area contributed by atoms with Gasteiger partial charge < -0.3 is 4.74 Å². The summed E-state index contributed by atoms with van der Waals surface area (Å²) >= 11 is 0. The Morgan fingerprint density at radius 1 is 1.08 bits per heavy atom. The van der Waals surface area contributed by atoms with Crippen molar-refractivity contribution in [2.45, 2.75) is 65.1 Å². The summed E-state index contributed by atoms with van der Waals surface area (Å²) in [5.74, 6) is -1.52. The highest BCUT2D eigenvalue weighted by atomic mass is 19.1. The Balaban J connectivity index is 1.70. The second-order valence-electron chi connectivity index (χ2n) is 10.2. The predicted octanol–water partition coefficient (Wildman–Crippen LogP) is 5.77. The Morgan fingerprint density at radius 2 is 1.86 bits per heavy atom. The van der Waals surface area contributed by atoms with Crippen LogP contribution in [0.1, 0.15) is 66.9 Å². The first-order chi connectivity index (χ1) is 17.0. The molecule has 8 heteroatoms. The van der Waals surface area contributed by atoms with Crippen LogP contribution in [0.15, 0.2) is 47.5 Å². The van der Waals surface area contributed by atoms with Crippen LogP contribution in [0, 0.1) is 32.4 Å². The average Bonchev–Trinajstić information content (AvgIpc) is 2.81. The van der Waals surface area contributed by atoms with Crippen molar-refractivity contribution in [1.29, 1.82) is 0 Å². The first-order valence-electron chi connectivity index (χ1n) is 12.0. The lowest BCUT2D eigenvalue weighted by Crippen LogP contribution is -2.35. The molecule has 2 atom stereocenters. The molecule has 0 N–H and O–H groups in total. The number of hydrogen-bond donors (Lipinski definition) is 0. The van der Waals surface area contributed by atoms with Gasteiger partial charge >= 0.3 is 0 Å². The zero-order valence-corrected chi connectivity index (χ0v) is 21.0. The number of aromatic nitrogens is 4. The van der Waals surface area contributed by atoms with Crippen molar-refractivity contribution in [3.63, 3.8) is 0 Å². The van der Waals surface area contributed by atoms with Gasteiger partial charge in [0, 0.05) is 46.9 Å². The normalized spacial score (nSPS) is 19.5. The molecule has 3 aromatic heterocycles. The fourth-order valence-electron chi connectivity index (χ4n) is 5.03. The lowest BCUT2D eigenvalue weighted by molar-refractivity contribution is -0.116. The smallest absolute Gasteiger partial charge is 0.261 e. The summed E-state index contributed by atoms with van der Waals surface area (Å²) in [5.41, 5.74) is 3.46. The van der Waals surface area contributed by atoms with Crippen molar-refractivity contribution in [3.05, 3.63) is 92.9 Å². The van der Waals surface area contributed by atoms with Crippen molar-refractivity contribution < 1.29 is 13.5 Å². The van der Waals surface area contributed by atoms with Gasteiger partial charge in [-0.25, -0.2) is 18.7 Å². The van der Waals surface area contributed by atoms with Crippen LogP contribution in [0.25, 0.3) is 16.9 Å². The minimum absolute atomic E-state index is 0.0765. The fourth-order valence-corrected chi connectivity index (χ4v) is 5.03. The van der Waals surface area contributed by atoms with Gasteiger partial charge in [0.25, 0.3) is 5.56 Å². The predicted molar refractivity (Wildman–Crippen MR) is 133 cm³/mol. The van der Waals surface area contributed by atoms with Crippen LogP contribution in [-0.2, 0) is 4.74 Å². The van der Waals surface area contributed by atoms with Crippen molar-refractivity contribution in [1.82, 2.24) is 19.4 Å². The molecule has 36 heavy (non-hydrogen) atoms. The van der Waals surface area contributed by atoms with Crippen LogP contribution in [0.2, 0.25) is 0 Å². The molecule has 5 rings (SSSR count). The van der Waals surface area contributed by atoms with Crippen molar-refractivity contribution in [2.24, 2.45) is 0 Å². The summed E-state index contributed by atoms with van der Waals surface area (Å²) in [7, 11) is 0. The molecule has 0 radical (unpaired) electrons. The number of nitrogens with zero attached hydrogens (tertiary/aromatic N) is 4. The lowest BCUT2D eigenvalue weighted by Gasteiger charge is -2.40. The average molecular weight is 491 g/mol. The molecular weight excluding hydrogens is 462 g/mol. The van der Waals surface area contributed by atoms with Gasteiger partial charge in [-0.1, -0.05) is 0 Å². The van der Waals surface area contributed by atoms with Gasteiger partial charge in [0.2, 0.25) is 0 Å². The summed E-state index contributed by atoms with van der Waals surface area (Å²) in [6.45, 7) is 9.45. The molecule has 4 aromatic rings. The topological polar surface area (TPSA) is 69.4 Å². The first-order valence-corrected chi connectivity index (χ1v) is 12.0. The molecule has 1 aliphatic rings. The highest BCUT2D eigenvalue weighted by molar-refractivity contribution is 5.74. The lowest BCUT2D eigenvalue weighted by atomic mass is 9.82. The second-order valence-corrected chi connectivity index (χ2v) is 10.2. The maximum Gasteiger partial charge on any atom is 0.261 e. The summed E-state index contributed by atoms with van der Waals surface area (Å²) in [6.07, 6.45) is 4.57. The Bertz CT molecular complexity index is 1550. The molecule has 4 heterocycles. The number of fused-ring (bicyclic) bond motifs is 1. The van der Waals surface area contributed by atoms with Crippen molar-refractivity contribution in [3.8, 4) is 11.3 Å². The molecule has 1 fully saturated rings. The van der Waals surface area contributed by atoms with Crippen molar-refractivity contribution in [2.75, 3.05) is 0 Å². The minimum atomic E-state index is -0.758. The summed E-state index contributed by atoms with van der Waals surface area (Å²) < 4.78 is 36.5. The van der Waals surface area contributed by atoms with Crippen LogP contribution < -0.4 is 5.56 Å². The standard InChI is InChI=1S/C28H28F2N4O2/c1-15-10-18(8-9-31-15)24-11-19(13-28(4,5)36-24)23-14-34-26(32-17(3)16(2)27(34)35)25(33-23)21-7-6-20(29)12-22(21)30/h6-10,12,14,19,24H,11,13H2,1-5H3. The molecule has 0 saturated carbocycles. The zero-order chi connectivity index (χ0) is 25.8. The molecule has 1 aromatic carbocycles. The molecule has 0 amide bonds. The van der Waals surface area contributed by atoms with Crippen LogP contribution in [-0.4, -0.2) is 25.0 Å². The Kier molecular flexibility index (Phi) is 5.95. The summed E-state index contributed by atoms with van der Waals surface area (Å²) in [4.78, 5) is 27.0. The number of rotatable bonds is 3. The van der Waals surface area contributed by atoms with E-state index in [0.717, 1.165) is 17.3 Å². The highest BCUT2D eigenvalue weighted by Crippen LogP contribution is 2.44. The maximum absolute atomic E-state index is 14.9. The van der Waals surface area contributed by atoms with Crippen LogP contribution in [0.5, 0.6) is 0 Å². The van der Waals surface area contributed by atoms with Gasteiger partial charge in [-0.2, -0.15) is 0 Å². The fraction of sp³-hybridized carbons (Fsp3) is 0.357. The van der Waals surface area contributed by atoms with E-state index in [1.807, 2.05) is 32.9 Å². The zero-order valence-electron chi connectivity index (χ0n) is 21.0. The van der Waals surface area contributed by atoms with Crippen LogP contribution >= 0.6 is 0 Å². The van der Waals surface area contributed by atoms with Gasteiger partial charge in [0.05, 0.1) is 17.4 Å². The first kappa shape index (κ1) is 24.2. The highest BCUT2D eigenvalue weighted by Gasteiger charge is 2.37. The molecular formula is C28H28F2N4O2. The van der Waals surface area contributed by atoms with Gasteiger partial charge in [0.15, 0.2) is 5.65 Å². The molecule has 0 bridgehead atoms. The van der Waals surface area contributed by atoms with E-state index in [2.05, 4.69) is 9.97 Å². The number of hydrogen-bond acceptors (Lipinski definition) is 5. The third kappa shape index (κ3) is 4.41. The monoisotopic (exact) mass is 490 g/mol. The number of aryl methyl sites for hydroxylation is 2. The van der Waals surface area contributed by atoms with Crippen LogP contribution in [0.4, 0.5) is 8.78 Å². The van der Waals surface area contributed by atoms with Crippen molar-refractivity contribution >= 4 is 5.65 Å².